The zero-order chi connectivity index (χ0) is 19.9. The molecule has 29 heavy (non-hydrogen) atoms. The Labute approximate surface area is 171 Å². The number of rotatable bonds is 3. The molecule has 0 radical (unpaired) electrons. The lowest BCUT2D eigenvalue weighted by Gasteiger charge is -2.27. The average Bonchev–Trinajstić information content (AvgIpc) is 3.19. The number of hydrogen-bond acceptors (Lipinski definition) is 4. The Morgan fingerprint density at radius 1 is 0.931 bits per heavy atom. The molecule has 0 unspecified atom stereocenters. The number of benzene rings is 1. The average molecular weight is 395 g/mol. The maximum absolute atomic E-state index is 11.6. The molecule has 1 aliphatic carbocycles. The largest absolute Gasteiger partial charge is 0.379 e. The molecule has 2 fully saturated rings. The first-order chi connectivity index (χ1) is 14.3. The normalized spacial score (nSPS) is 17.7. The summed E-state index contributed by atoms with van der Waals surface area (Å²) in [5, 5.41) is 2.83. The van der Waals surface area contributed by atoms with Gasteiger partial charge in [0.25, 0.3) is 5.56 Å². The summed E-state index contributed by atoms with van der Waals surface area (Å²) in [6.07, 6.45) is 10.8. The van der Waals surface area contributed by atoms with Gasteiger partial charge in [0.2, 0.25) is 0 Å². The third kappa shape index (κ3) is 5.14. The third-order valence-corrected chi connectivity index (χ3v) is 5.69. The van der Waals surface area contributed by atoms with Crippen LogP contribution < -0.4 is 5.56 Å². The number of H-pyrrole nitrogens is 1. The minimum absolute atomic E-state index is 0.137. The lowest BCUT2D eigenvalue weighted by Crippen LogP contribution is -2.35. The molecule has 0 amide bonds. The van der Waals surface area contributed by atoms with Crippen LogP contribution in [0.4, 0.5) is 0 Å². The zero-order valence-electron chi connectivity index (χ0n) is 17.0. The summed E-state index contributed by atoms with van der Waals surface area (Å²) in [6, 6.07) is 11.5. The molecule has 0 bridgehead atoms. The fourth-order valence-electron chi connectivity index (χ4n) is 4.06. The molecule has 0 atom stereocenters. The number of nitrogens with one attached hydrogen (secondary N) is 1. The highest BCUT2D eigenvalue weighted by Gasteiger charge is 2.15. The van der Waals surface area contributed by atoms with Crippen LogP contribution in [0.25, 0.3) is 16.9 Å². The molecule has 3 aromatic rings. The highest BCUT2D eigenvalue weighted by atomic mass is 16.5. The van der Waals surface area contributed by atoms with Crippen LogP contribution in [0.1, 0.15) is 44.1 Å². The van der Waals surface area contributed by atoms with Crippen LogP contribution in [0.5, 0.6) is 0 Å². The van der Waals surface area contributed by atoms with E-state index in [1.807, 2.05) is 18.3 Å². The molecule has 6 nitrogen and oxygen atoms in total. The number of aromatic nitrogens is 3. The van der Waals surface area contributed by atoms with Crippen LogP contribution >= 0.6 is 0 Å². The number of aromatic amines is 1. The Morgan fingerprint density at radius 2 is 1.62 bits per heavy atom. The van der Waals surface area contributed by atoms with Gasteiger partial charge < -0.3 is 4.74 Å². The molecule has 1 N–H and O–H groups in total. The van der Waals surface area contributed by atoms with E-state index in [4.69, 9.17) is 4.74 Å². The molecule has 1 aromatic carbocycles. The van der Waals surface area contributed by atoms with Crippen molar-refractivity contribution in [3.8, 4) is 11.3 Å². The maximum atomic E-state index is 11.6. The van der Waals surface area contributed by atoms with E-state index in [1.54, 1.807) is 10.6 Å². The van der Waals surface area contributed by atoms with Gasteiger partial charge in [-0.05, 0) is 11.6 Å². The quantitative estimate of drug-likeness (QED) is 0.733. The lowest BCUT2D eigenvalue weighted by molar-refractivity contribution is 0.0342. The van der Waals surface area contributed by atoms with E-state index >= 15 is 0 Å². The molecule has 6 heteroatoms. The van der Waals surface area contributed by atoms with Crippen molar-refractivity contribution in [3.63, 3.8) is 0 Å². The van der Waals surface area contributed by atoms with Gasteiger partial charge >= 0.3 is 0 Å². The van der Waals surface area contributed by atoms with Crippen molar-refractivity contribution in [1.82, 2.24) is 19.5 Å². The third-order valence-electron chi connectivity index (χ3n) is 5.69. The van der Waals surface area contributed by atoms with Crippen LogP contribution in [-0.4, -0.2) is 45.8 Å². The Morgan fingerprint density at radius 3 is 2.34 bits per heavy atom. The fourth-order valence-corrected chi connectivity index (χ4v) is 4.06. The van der Waals surface area contributed by atoms with E-state index in [1.165, 1.54) is 50.2 Å². The summed E-state index contributed by atoms with van der Waals surface area (Å²) in [5.41, 5.74) is 3.82. The number of fused-ring (bicyclic) bond motifs is 1. The van der Waals surface area contributed by atoms with E-state index in [0.29, 0.717) is 0 Å². The van der Waals surface area contributed by atoms with Crippen LogP contribution in [0.3, 0.4) is 0 Å². The van der Waals surface area contributed by atoms with Crippen molar-refractivity contribution < 1.29 is 4.74 Å². The van der Waals surface area contributed by atoms with Crippen LogP contribution in [0.2, 0.25) is 0 Å². The highest BCUT2D eigenvalue weighted by Crippen LogP contribution is 2.25. The first-order valence-corrected chi connectivity index (χ1v) is 10.8. The van der Waals surface area contributed by atoms with Gasteiger partial charge in [-0.2, -0.15) is 0 Å². The molecule has 1 saturated carbocycles. The second-order valence-electron chi connectivity index (χ2n) is 7.81. The second-order valence-corrected chi connectivity index (χ2v) is 7.81. The molecule has 2 aliphatic rings. The molecule has 0 spiro atoms. The standard InChI is InChI=1S/C17H18N4O2.C6H12/c22-17-6-5-16-18-11-15(21(16)19-17)14-4-2-1-3-13(14)12-20-7-9-23-10-8-20;1-2-4-6-5-3-1/h1-6,11H,7-10,12H2,(H,19,22);1-6H2. The van der Waals surface area contributed by atoms with Gasteiger partial charge in [0.1, 0.15) is 0 Å². The van der Waals surface area contributed by atoms with Crippen LogP contribution in [0.15, 0.2) is 47.4 Å². The van der Waals surface area contributed by atoms with Crippen molar-refractivity contribution in [2.24, 2.45) is 0 Å². The molecule has 5 rings (SSSR count). The first kappa shape index (κ1) is 19.9. The summed E-state index contributed by atoms with van der Waals surface area (Å²) < 4.78 is 7.17. The number of morpholine rings is 1. The highest BCUT2D eigenvalue weighted by molar-refractivity contribution is 5.66. The summed E-state index contributed by atoms with van der Waals surface area (Å²) in [5.74, 6) is 0. The number of hydrogen-bond donors (Lipinski definition) is 1. The summed E-state index contributed by atoms with van der Waals surface area (Å²) in [6.45, 7) is 4.32. The molecular formula is C23H30N4O2. The van der Waals surface area contributed by atoms with Gasteiger partial charge in [0.15, 0.2) is 5.65 Å². The lowest BCUT2D eigenvalue weighted by atomic mass is 10.0. The Balaban J connectivity index is 0.000000294. The van der Waals surface area contributed by atoms with Crippen molar-refractivity contribution in [2.75, 3.05) is 26.3 Å². The number of nitrogens with zero attached hydrogens (tertiary/aromatic N) is 3. The molecule has 1 aliphatic heterocycles. The smallest absolute Gasteiger partial charge is 0.263 e. The fraction of sp³-hybridized carbons (Fsp3) is 0.478. The summed E-state index contributed by atoms with van der Waals surface area (Å²) in [7, 11) is 0. The Kier molecular flexibility index (Phi) is 6.75. The van der Waals surface area contributed by atoms with Gasteiger partial charge in [0.05, 0.1) is 25.1 Å². The zero-order valence-corrected chi connectivity index (χ0v) is 17.0. The van der Waals surface area contributed by atoms with E-state index in [-0.39, 0.29) is 5.56 Å². The van der Waals surface area contributed by atoms with Gasteiger partial charge in [0, 0.05) is 31.3 Å². The maximum Gasteiger partial charge on any atom is 0.263 e. The first-order valence-electron chi connectivity index (χ1n) is 10.8. The van der Waals surface area contributed by atoms with Gasteiger partial charge in [-0.3, -0.25) is 14.8 Å². The molecule has 3 heterocycles. The minimum Gasteiger partial charge on any atom is -0.379 e. The van der Waals surface area contributed by atoms with Gasteiger partial charge in [-0.1, -0.05) is 62.8 Å². The number of ether oxygens (including phenoxy) is 1. The van der Waals surface area contributed by atoms with Crippen LogP contribution in [0, 0.1) is 0 Å². The van der Waals surface area contributed by atoms with Crippen molar-refractivity contribution in [1.29, 1.82) is 0 Å². The van der Waals surface area contributed by atoms with Crippen molar-refractivity contribution >= 4 is 5.65 Å². The summed E-state index contributed by atoms with van der Waals surface area (Å²) in [4.78, 5) is 18.4. The Bertz CT molecular complexity index is 957. The van der Waals surface area contributed by atoms with E-state index in [2.05, 4.69) is 27.1 Å². The second kappa shape index (κ2) is 9.85. The molecular weight excluding hydrogens is 364 g/mol. The van der Waals surface area contributed by atoms with E-state index < -0.39 is 0 Å². The molecule has 1 saturated heterocycles. The van der Waals surface area contributed by atoms with E-state index in [0.717, 1.165) is 49.8 Å². The monoisotopic (exact) mass is 394 g/mol. The van der Waals surface area contributed by atoms with Crippen molar-refractivity contribution in [2.45, 2.75) is 45.1 Å². The SMILES string of the molecule is C1CCCCC1.O=c1ccc2ncc(-c3ccccc3CN3CCOCC3)n2[nH]1. The van der Waals surface area contributed by atoms with Crippen molar-refractivity contribution in [3.05, 3.63) is 58.5 Å². The predicted octanol–water partition coefficient (Wildman–Crippen LogP) is 3.86. The van der Waals surface area contributed by atoms with Gasteiger partial charge in [-0.15, -0.1) is 0 Å². The summed E-state index contributed by atoms with van der Waals surface area (Å²) >= 11 is 0. The molecule has 154 valence electrons. The predicted molar refractivity (Wildman–Crippen MR) is 115 cm³/mol. The number of imidazole rings is 1. The minimum atomic E-state index is -0.137. The Hall–Kier alpha value is -2.44. The van der Waals surface area contributed by atoms with E-state index in [9.17, 15) is 4.79 Å². The van der Waals surface area contributed by atoms with Gasteiger partial charge in [-0.25, -0.2) is 9.50 Å². The topological polar surface area (TPSA) is 62.6 Å². The van der Waals surface area contributed by atoms with Crippen LogP contribution in [-0.2, 0) is 11.3 Å². The molecule has 2 aromatic heterocycles.